The van der Waals surface area contributed by atoms with Crippen molar-refractivity contribution in [2.24, 2.45) is 11.0 Å². The van der Waals surface area contributed by atoms with Crippen LogP contribution in [0.4, 0.5) is 10.5 Å². The number of ether oxygens (including phenoxy) is 1. The van der Waals surface area contributed by atoms with Gasteiger partial charge in [0, 0.05) is 16.3 Å². The van der Waals surface area contributed by atoms with Crippen LogP contribution < -0.4 is 15.5 Å². The molecule has 0 aromatic heterocycles. The normalized spacial score (nSPS) is 10.8. The van der Waals surface area contributed by atoms with E-state index in [-0.39, 0.29) is 0 Å². The Morgan fingerprint density at radius 3 is 2.62 bits per heavy atom. The van der Waals surface area contributed by atoms with Crippen molar-refractivity contribution in [2.75, 3.05) is 11.9 Å². The second kappa shape index (κ2) is 8.93. The molecule has 0 unspecified atom stereocenters. The molecule has 2 N–H and O–H groups in total. The van der Waals surface area contributed by atoms with Gasteiger partial charge in [-0.25, -0.2) is 10.2 Å². The first-order valence-electron chi connectivity index (χ1n) is 7.62. The lowest BCUT2D eigenvalue weighted by Crippen LogP contribution is -2.24. The van der Waals surface area contributed by atoms with Gasteiger partial charge in [-0.05, 0) is 42.3 Å². The van der Waals surface area contributed by atoms with Crippen LogP contribution in [0.15, 0.2) is 53.6 Å². The molecule has 2 aromatic rings. The number of anilines is 1. The van der Waals surface area contributed by atoms with Crippen molar-refractivity contribution in [3.63, 3.8) is 0 Å². The van der Waals surface area contributed by atoms with Crippen LogP contribution >= 0.6 is 11.6 Å². The standard InChI is InChI=1S/C18H20ClN3O2/c1-13(2)12-24-17-6-4-3-5-14(17)11-20-22-18(23)21-16-9-7-15(19)8-10-16/h3-11,13H,12H2,1-2H3,(H2,21,22,23)/b20-11-. The molecule has 0 aliphatic heterocycles. The number of urea groups is 1. The fourth-order valence-electron chi connectivity index (χ4n) is 1.83. The van der Waals surface area contributed by atoms with E-state index < -0.39 is 6.03 Å². The zero-order valence-corrected chi connectivity index (χ0v) is 14.4. The summed E-state index contributed by atoms with van der Waals surface area (Å²) < 4.78 is 5.73. The number of rotatable bonds is 6. The van der Waals surface area contributed by atoms with Crippen LogP contribution in [0.5, 0.6) is 5.75 Å². The summed E-state index contributed by atoms with van der Waals surface area (Å²) >= 11 is 5.80. The molecule has 0 bridgehead atoms. The van der Waals surface area contributed by atoms with Crippen molar-refractivity contribution >= 4 is 29.5 Å². The highest BCUT2D eigenvalue weighted by atomic mass is 35.5. The number of nitrogens with zero attached hydrogens (tertiary/aromatic N) is 1. The summed E-state index contributed by atoms with van der Waals surface area (Å²) in [5.74, 6) is 1.16. The number of hydrazone groups is 1. The number of hydrogen-bond acceptors (Lipinski definition) is 3. The van der Waals surface area contributed by atoms with Gasteiger partial charge in [0.1, 0.15) is 5.75 Å². The fraction of sp³-hybridized carbons (Fsp3) is 0.222. The Morgan fingerprint density at radius 1 is 1.21 bits per heavy atom. The number of amides is 2. The molecule has 2 amide bonds. The highest BCUT2D eigenvalue weighted by Gasteiger charge is 2.03. The van der Waals surface area contributed by atoms with Crippen molar-refractivity contribution < 1.29 is 9.53 Å². The molecule has 0 saturated heterocycles. The van der Waals surface area contributed by atoms with E-state index in [4.69, 9.17) is 16.3 Å². The summed E-state index contributed by atoms with van der Waals surface area (Å²) in [5.41, 5.74) is 3.85. The largest absolute Gasteiger partial charge is 0.493 e. The zero-order chi connectivity index (χ0) is 17.4. The summed E-state index contributed by atoms with van der Waals surface area (Å²) in [7, 11) is 0. The molecule has 0 aliphatic carbocycles. The third-order valence-electron chi connectivity index (χ3n) is 2.96. The number of carbonyl (C=O) groups is 1. The molecule has 6 heteroatoms. The predicted molar refractivity (Wildman–Crippen MR) is 98.0 cm³/mol. The molecular formula is C18H20ClN3O2. The van der Waals surface area contributed by atoms with Gasteiger partial charge in [0.05, 0.1) is 12.8 Å². The summed E-state index contributed by atoms with van der Waals surface area (Å²) in [6.45, 7) is 4.79. The molecule has 2 rings (SSSR count). The number of para-hydroxylation sites is 1. The minimum Gasteiger partial charge on any atom is -0.493 e. The van der Waals surface area contributed by atoms with Crippen molar-refractivity contribution in [3.05, 3.63) is 59.1 Å². The van der Waals surface area contributed by atoms with Gasteiger partial charge >= 0.3 is 6.03 Å². The predicted octanol–water partition coefficient (Wildman–Crippen LogP) is 4.53. The van der Waals surface area contributed by atoms with Crippen molar-refractivity contribution in [3.8, 4) is 5.75 Å². The lowest BCUT2D eigenvalue weighted by atomic mass is 10.2. The number of carbonyl (C=O) groups excluding carboxylic acids is 1. The lowest BCUT2D eigenvalue weighted by Gasteiger charge is -2.10. The minimum atomic E-state index is -0.436. The fourth-order valence-corrected chi connectivity index (χ4v) is 1.95. The lowest BCUT2D eigenvalue weighted by molar-refractivity contribution is 0.252. The second-order valence-corrected chi connectivity index (χ2v) is 6.01. The first-order chi connectivity index (χ1) is 11.5. The molecule has 5 nitrogen and oxygen atoms in total. The Labute approximate surface area is 146 Å². The average molecular weight is 346 g/mol. The van der Waals surface area contributed by atoms with Crippen LogP contribution in [0.3, 0.4) is 0 Å². The Hall–Kier alpha value is -2.53. The third kappa shape index (κ3) is 5.93. The number of benzene rings is 2. The molecule has 0 heterocycles. The molecule has 0 fully saturated rings. The van der Waals surface area contributed by atoms with E-state index in [0.29, 0.717) is 23.2 Å². The molecule has 0 saturated carbocycles. The van der Waals surface area contributed by atoms with Gasteiger partial charge in [-0.15, -0.1) is 0 Å². The number of nitrogens with one attached hydrogen (secondary N) is 2. The van der Waals surface area contributed by atoms with Crippen molar-refractivity contribution in [1.29, 1.82) is 0 Å². The van der Waals surface area contributed by atoms with Gasteiger partial charge in [-0.3, -0.25) is 0 Å². The monoisotopic (exact) mass is 345 g/mol. The second-order valence-electron chi connectivity index (χ2n) is 5.57. The third-order valence-corrected chi connectivity index (χ3v) is 3.21. The van der Waals surface area contributed by atoms with Crippen LogP contribution in [0, 0.1) is 5.92 Å². The maximum atomic E-state index is 11.8. The highest BCUT2D eigenvalue weighted by molar-refractivity contribution is 6.30. The summed E-state index contributed by atoms with van der Waals surface area (Å²) in [6.07, 6.45) is 1.55. The van der Waals surface area contributed by atoms with Crippen LogP contribution in [0.2, 0.25) is 5.02 Å². The molecule has 0 aliphatic rings. The Morgan fingerprint density at radius 2 is 1.92 bits per heavy atom. The number of halogens is 1. The van der Waals surface area contributed by atoms with E-state index in [1.54, 1.807) is 30.5 Å². The van der Waals surface area contributed by atoms with Gasteiger partial charge < -0.3 is 10.1 Å². The molecule has 2 aromatic carbocycles. The van der Waals surface area contributed by atoms with E-state index in [9.17, 15) is 4.79 Å². The molecule has 126 valence electrons. The summed E-state index contributed by atoms with van der Waals surface area (Å²) in [5, 5.41) is 7.21. The van der Waals surface area contributed by atoms with Crippen LogP contribution in [-0.4, -0.2) is 18.9 Å². The minimum absolute atomic E-state index is 0.429. The van der Waals surface area contributed by atoms with Gasteiger partial charge in [0.25, 0.3) is 0 Å². The average Bonchev–Trinajstić information content (AvgIpc) is 2.56. The Bertz CT molecular complexity index is 700. The molecule has 0 atom stereocenters. The zero-order valence-electron chi connectivity index (χ0n) is 13.6. The van der Waals surface area contributed by atoms with E-state index >= 15 is 0 Å². The molecule has 0 spiro atoms. The summed E-state index contributed by atoms with van der Waals surface area (Å²) in [4.78, 5) is 11.8. The van der Waals surface area contributed by atoms with Gasteiger partial charge in [0.2, 0.25) is 0 Å². The quantitative estimate of drug-likeness (QED) is 0.596. The van der Waals surface area contributed by atoms with Crippen LogP contribution in [0.25, 0.3) is 0 Å². The molecular weight excluding hydrogens is 326 g/mol. The van der Waals surface area contributed by atoms with Crippen LogP contribution in [0.1, 0.15) is 19.4 Å². The van der Waals surface area contributed by atoms with Crippen molar-refractivity contribution in [2.45, 2.75) is 13.8 Å². The molecule has 24 heavy (non-hydrogen) atoms. The topological polar surface area (TPSA) is 62.7 Å². The summed E-state index contributed by atoms with van der Waals surface area (Å²) in [6, 6.07) is 13.9. The SMILES string of the molecule is CC(C)COc1ccccc1/C=N\NC(=O)Nc1ccc(Cl)cc1. The van der Waals surface area contributed by atoms with Crippen molar-refractivity contribution in [1.82, 2.24) is 5.43 Å². The first-order valence-corrected chi connectivity index (χ1v) is 8.00. The number of hydrogen-bond donors (Lipinski definition) is 2. The highest BCUT2D eigenvalue weighted by Crippen LogP contribution is 2.16. The maximum Gasteiger partial charge on any atom is 0.339 e. The van der Waals surface area contributed by atoms with E-state index in [1.165, 1.54) is 0 Å². The first kappa shape index (κ1) is 17.8. The Balaban J connectivity index is 1.91. The maximum absolute atomic E-state index is 11.8. The van der Waals surface area contributed by atoms with Gasteiger partial charge in [-0.2, -0.15) is 5.10 Å². The van der Waals surface area contributed by atoms with E-state index in [0.717, 1.165) is 11.3 Å². The smallest absolute Gasteiger partial charge is 0.339 e. The van der Waals surface area contributed by atoms with E-state index in [2.05, 4.69) is 29.7 Å². The van der Waals surface area contributed by atoms with Gasteiger partial charge in [0.15, 0.2) is 0 Å². The van der Waals surface area contributed by atoms with Gasteiger partial charge in [-0.1, -0.05) is 37.6 Å². The Kier molecular flexibility index (Phi) is 6.63. The van der Waals surface area contributed by atoms with E-state index in [1.807, 2.05) is 24.3 Å². The van der Waals surface area contributed by atoms with Crippen LogP contribution in [-0.2, 0) is 0 Å². The molecule has 0 radical (unpaired) electrons.